The van der Waals surface area contributed by atoms with E-state index in [9.17, 15) is 4.79 Å². The van der Waals surface area contributed by atoms with Crippen LogP contribution in [0.25, 0.3) is 22.2 Å². The third-order valence-corrected chi connectivity index (χ3v) is 6.95. The molecule has 2 aliphatic heterocycles. The summed E-state index contributed by atoms with van der Waals surface area (Å²) in [4.78, 5) is 18.1. The molecule has 158 valence electrons. The Kier molecular flexibility index (Phi) is 5.03. The molecule has 0 amide bonds. The van der Waals surface area contributed by atoms with E-state index in [4.69, 9.17) is 4.74 Å². The monoisotopic (exact) mass is 405 g/mol. The second kappa shape index (κ2) is 7.71. The number of aromatic amines is 1. The Hall–Kier alpha value is -2.37. The number of piperidine rings is 1. The standard InChI is InChI=1S/C25H31N3O2/c1-16(2)24-21-12-18(17-8-10-28(11-9-17)20-14-30-15-20)4-6-22(21)26-25(24)19-5-7-23(29)27(3)13-19/h4-7,12-13,16-17,20,26H,8-11,14-15H2,1-3H3. The largest absolute Gasteiger partial charge is 0.378 e. The first-order valence-corrected chi connectivity index (χ1v) is 11.2. The zero-order valence-corrected chi connectivity index (χ0v) is 18.1. The number of fused-ring (bicyclic) bond motifs is 1. The summed E-state index contributed by atoms with van der Waals surface area (Å²) in [6.45, 7) is 8.66. The lowest BCUT2D eigenvalue weighted by Crippen LogP contribution is -2.51. The van der Waals surface area contributed by atoms with Crippen LogP contribution in [-0.2, 0) is 11.8 Å². The molecule has 3 aromatic rings. The topological polar surface area (TPSA) is 50.3 Å². The molecule has 2 saturated heterocycles. The van der Waals surface area contributed by atoms with Crippen LogP contribution in [0.4, 0.5) is 0 Å². The number of aryl methyl sites for hydroxylation is 1. The van der Waals surface area contributed by atoms with E-state index < -0.39 is 0 Å². The molecule has 0 spiro atoms. The molecule has 0 radical (unpaired) electrons. The second-order valence-electron chi connectivity index (χ2n) is 9.24. The van der Waals surface area contributed by atoms with Gasteiger partial charge in [-0.05, 0) is 67.1 Å². The molecule has 0 bridgehead atoms. The number of rotatable bonds is 4. The van der Waals surface area contributed by atoms with E-state index in [-0.39, 0.29) is 5.56 Å². The lowest BCUT2D eigenvalue weighted by atomic mass is 9.87. The third-order valence-electron chi connectivity index (χ3n) is 6.95. The fourth-order valence-electron chi connectivity index (χ4n) is 5.09. The molecular weight excluding hydrogens is 374 g/mol. The highest BCUT2D eigenvalue weighted by atomic mass is 16.5. The van der Waals surface area contributed by atoms with Crippen LogP contribution in [0, 0.1) is 0 Å². The van der Waals surface area contributed by atoms with Crippen LogP contribution < -0.4 is 5.56 Å². The first-order valence-electron chi connectivity index (χ1n) is 11.2. The van der Waals surface area contributed by atoms with Crippen molar-refractivity contribution in [2.45, 2.75) is 44.6 Å². The summed E-state index contributed by atoms with van der Waals surface area (Å²) in [5.74, 6) is 1.02. The van der Waals surface area contributed by atoms with Crippen LogP contribution in [0.1, 0.15) is 49.7 Å². The minimum atomic E-state index is 0.0167. The molecule has 0 unspecified atom stereocenters. The fraction of sp³-hybridized carbons (Fsp3) is 0.480. The molecule has 5 rings (SSSR count). The van der Waals surface area contributed by atoms with Crippen LogP contribution in [0.3, 0.4) is 0 Å². The summed E-state index contributed by atoms with van der Waals surface area (Å²) in [5.41, 5.74) is 6.19. The number of ether oxygens (including phenoxy) is 1. The van der Waals surface area contributed by atoms with Gasteiger partial charge in [0.25, 0.3) is 0 Å². The predicted molar refractivity (Wildman–Crippen MR) is 121 cm³/mol. The average molecular weight is 406 g/mol. The molecule has 0 atom stereocenters. The lowest BCUT2D eigenvalue weighted by Gasteiger charge is -2.41. The van der Waals surface area contributed by atoms with Crippen LogP contribution in [0.5, 0.6) is 0 Å². The Balaban J connectivity index is 1.48. The summed E-state index contributed by atoms with van der Waals surface area (Å²) < 4.78 is 7.02. The molecule has 2 aromatic heterocycles. The maximum Gasteiger partial charge on any atom is 0.250 e. The van der Waals surface area contributed by atoms with Crippen molar-refractivity contribution in [1.29, 1.82) is 0 Å². The zero-order valence-electron chi connectivity index (χ0n) is 18.1. The Morgan fingerprint density at radius 3 is 2.50 bits per heavy atom. The summed E-state index contributed by atoms with van der Waals surface area (Å²) in [6, 6.07) is 11.2. The zero-order chi connectivity index (χ0) is 20.8. The van der Waals surface area contributed by atoms with Crippen molar-refractivity contribution in [2.75, 3.05) is 26.3 Å². The van der Waals surface area contributed by atoms with Gasteiger partial charge < -0.3 is 14.3 Å². The number of aromatic nitrogens is 2. The van der Waals surface area contributed by atoms with Crippen LogP contribution in [0.15, 0.2) is 41.3 Å². The van der Waals surface area contributed by atoms with Gasteiger partial charge in [0, 0.05) is 35.8 Å². The van der Waals surface area contributed by atoms with Crippen LogP contribution in [-0.4, -0.2) is 46.8 Å². The molecule has 5 heteroatoms. The Bertz CT molecular complexity index is 1120. The van der Waals surface area contributed by atoms with Gasteiger partial charge in [-0.3, -0.25) is 9.69 Å². The number of hydrogen-bond donors (Lipinski definition) is 1. The normalized spacial score (nSPS) is 18.9. The van der Waals surface area contributed by atoms with Gasteiger partial charge in [-0.1, -0.05) is 19.9 Å². The molecule has 0 saturated carbocycles. The maximum atomic E-state index is 11.8. The molecule has 4 heterocycles. The van der Waals surface area contributed by atoms with E-state index in [1.54, 1.807) is 10.6 Å². The summed E-state index contributed by atoms with van der Waals surface area (Å²) >= 11 is 0. The van der Waals surface area contributed by atoms with Gasteiger partial charge in [-0.2, -0.15) is 0 Å². The quantitative estimate of drug-likeness (QED) is 0.707. The van der Waals surface area contributed by atoms with Gasteiger partial charge in [0.1, 0.15) is 0 Å². The Labute approximate surface area is 177 Å². The van der Waals surface area contributed by atoms with Gasteiger partial charge in [0.15, 0.2) is 0 Å². The van der Waals surface area contributed by atoms with Crippen LogP contribution in [0.2, 0.25) is 0 Å². The van der Waals surface area contributed by atoms with Gasteiger partial charge in [-0.15, -0.1) is 0 Å². The highest BCUT2D eigenvalue weighted by molar-refractivity contribution is 5.91. The number of benzene rings is 1. The molecule has 1 N–H and O–H groups in total. The first-order chi connectivity index (χ1) is 14.5. The van der Waals surface area contributed by atoms with Crippen molar-refractivity contribution >= 4 is 10.9 Å². The highest BCUT2D eigenvalue weighted by Gasteiger charge is 2.30. The Morgan fingerprint density at radius 1 is 1.10 bits per heavy atom. The first kappa shape index (κ1) is 19.6. The summed E-state index contributed by atoms with van der Waals surface area (Å²) in [6.07, 6.45) is 4.37. The number of likely N-dealkylation sites (tertiary alicyclic amines) is 1. The van der Waals surface area contributed by atoms with E-state index >= 15 is 0 Å². The van der Waals surface area contributed by atoms with E-state index in [0.717, 1.165) is 24.5 Å². The molecule has 0 aliphatic carbocycles. The SMILES string of the molecule is CC(C)c1c(-c2ccc(=O)n(C)c2)[nH]c2ccc(C3CCN(C4COC4)CC3)cc12. The van der Waals surface area contributed by atoms with E-state index in [1.807, 2.05) is 19.3 Å². The lowest BCUT2D eigenvalue weighted by molar-refractivity contribution is -0.0712. The van der Waals surface area contributed by atoms with Crippen molar-refractivity contribution in [1.82, 2.24) is 14.5 Å². The van der Waals surface area contributed by atoms with E-state index in [2.05, 4.69) is 41.9 Å². The molecule has 30 heavy (non-hydrogen) atoms. The Morgan fingerprint density at radius 2 is 1.87 bits per heavy atom. The van der Waals surface area contributed by atoms with Crippen molar-refractivity contribution in [3.05, 3.63) is 58.0 Å². The summed E-state index contributed by atoms with van der Waals surface area (Å²) in [7, 11) is 1.81. The molecule has 1 aromatic carbocycles. The van der Waals surface area contributed by atoms with Gasteiger partial charge in [0.2, 0.25) is 5.56 Å². The number of nitrogens with one attached hydrogen (secondary N) is 1. The molecular formula is C25H31N3O2. The van der Waals surface area contributed by atoms with Crippen molar-refractivity contribution < 1.29 is 4.74 Å². The van der Waals surface area contributed by atoms with E-state index in [0.29, 0.717) is 17.9 Å². The second-order valence-corrected chi connectivity index (χ2v) is 9.24. The smallest absolute Gasteiger partial charge is 0.250 e. The van der Waals surface area contributed by atoms with Gasteiger partial charge in [0.05, 0.1) is 24.9 Å². The molecule has 2 aliphatic rings. The van der Waals surface area contributed by atoms with Gasteiger partial charge in [-0.25, -0.2) is 0 Å². The van der Waals surface area contributed by atoms with Crippen molar-refractivity contribution in [3.63, 3.8) is 0 Å². The fourth-order valence-corrected chi connectivity index (χ4v) is 5.09. The molecule has 2 fully saturated rings. The number of H-pyrrole nitrogens is 1. The minimum Gasteiger partial charge on any atom is -0.378 e. The number of nitrogens with zero attached hydrogens (tertiary/aromatic N) is 2. The third kappa shape index (κ3) is 3.40. The van der Waals surface area contributed by atoms with E-state index in [1.165, 1.54) is 48.0 Å². The van der Waals surface area contributed by atoms with Crippen molar-refractivity contribution in [2.24, 2.45) is 7.05 Å². The minimum absolute atomic E-state index is 0.0167. The van der Waals surface area contributed by atoms with Gasteiger partial charge >= 0.3 is 0 Å². The highest BCUT2D eigenvalue weighted by Crippen LogP contribution is 2.38. The number of pyridine rings is 1. The molecule has 5 nitrogen and oxygen atoms in total. The average Bonchev–Trinajstić information content (AvgIpc) is 3.08. The van der Waals surface area contributed by atoms with Crippen molar-refractivity contribution in [3.8, 4) is 11.3 Å². The predicted octanol–water partition coefficient (Wildman–Crippen LogP) is 4.24. The number of hydrogen-bond acceptors (Lipinski definition) is 3. The summed E-state index contributed by atoms with van der Waals surface area (Å²) in [5, 5.41) is 1.32. The maximum absolute atomic E-state index is 11.8. The van der Waals surface area contributed by atoms with Crippen LogP contribution >= 0.6 is 0 Å².